The van der Waals surface area contributed by atoms with Crippen LogP contribution < -0.4 is 15.8 Å². The summed E-state index contributed by atoms with van der Waals surface area (Å²) in [6.07, 6.45) is 1.23. The summed E-state index contributed by atoms with van der Waals surface area (Å²) in [5.41, 5.74) is 7.55. The van der Waals surface area contributed by atoms with Gasteiger partial charge in [-0.1, -0.05) is 11.3 Å². The van der Waals surface area contributed by atoms with Gasteiger partial charge in [0, 0.05) is 11.8 Å². The van der Waals surface area contributed by atoms with E-state index in [1.807, 2.05) is 0 Å². The molecule has 0 aliphatic carbocycles. The van der Waals surface area contributed by atoms with Crippen LogP contribution in [-0.2, 0) is 0 Å². The number of hydrogen-bond acceptors (Lipinski definition) is 7. The molecule has 0 bridgehead atoms. The number of nitrogens with zero attached hydrogens (tertiary/aromatic N) is 2. The summed E-state index contributed by atoms with van der Waals surface area (Å²) < 4.78 is 11.1. The third-order valence-corrected chi connectivity index (χ3v) is 3.79. The lowest BCUT2D eigenvalue weighted by Crippen LogP contribution is -2.11. The summed E-state index contributed by atoms with van der Waals surface area (Å²) in [5, 5.41) is 3.12. The van der Waals surface area contributed by atoms with Crippen LogP contribution in [0.1, 0.15) is 16.2 Å². The van der Waals surface area contributed by atoms with Gasteiger partial charge in [-0.05, 0) is 13.0 Å². The van der Waals surface area contributed by atoms with E-state index in [-0.39, 0.29) is 5.76 Å². The number of oxazole rings is 1. The van der Waals surface area contributed by atoms with E-state index in [2.05, 4.69) is 15.3 Å². The molecule has 0 unspecified atom stereocenters. The molecule has 0 fully saturated rings. The van der Waals surface area contributed by atoms with Crippen molar-refractivity contribution in [3.05, 3.63) is 30.0 Å². The van der Waals surface area contributed by atoms with Crippen LogP contribution in [-0.4, -0.2) is 23.0 Å². The van der Waals surface area contributed by atoms with E-state index in [9.17, 15) is 4.79 Å². The molecule has 3 rings (SSSR count). The fourth-order valence-corrected chi connectivity index (χ4v) is 2.83. The first-order chi connectivity index (χ1) is 10.1. The Morgan fingerprint density at radius 3 is 2.95 bits per heavy atom. The summed E-state index contributed by atoms with van der Waals surface area (Å²) >= 11 is 1.31. The van der Waals surface area contributed by atoms with Crippen molar-refractivity contribution in [1.82, 2.24) is 9.97 Å². The standard InChI is InChI=1S/C13H12N4O3S/c1-6-11(20-5-15-6)12(18)17-13-16-10-8(19-2)3-7(14)4-9(10)21-13/h3-5H,14H2,1-2H3,(H,16,17,18). The zero-order valence-corrected chi connectivity index (χ0v) is 12.2. The number of carbonyl (C=O) groups is 1. The molecule has 7 nitrogen and oxygen atoms in total. The van der Waals surface area contributed by atoms with Gasteiger partial charge in [0.1, 0.15) is 11.3 Å². The molecule has 2 heterocycles. The zero-order chi connectivity index (χ0) is 15.0. The molecular weight excluding hydrogens is 292 g/mol. The van der Waals surface area contributed by atoms with Crippen molar-refractivity contribution >= 4 is 38.3 Å². The van der Waals surface area contributed by atoms with Crippen molar-refractivity contribution in [1.29, 1.82) is 0 Å². The maximum Gasteiger partial charge on any atom is 0.295 e. The topological polar surface area (TPSA) is 103 Å². The molecule has 2 aromatic heterocycles. The monoisotopic (exact) mass is 304 g/mol. The van der Waals surface area contributed by atoms with Gasteiger partial charge in [0.15, 0.2) is 11.5 Å². The predicted octanol–water partition coefficient (Wildman–Crippen LogP) is 2.44. The van der Waals surface area contributed by atoms with Crippen molar-refractivity contribution in [2.45, 2.75) is 6.92 Å². The maximum absolute atomic E-state index is 12.1. The summed E-state index contributed by atoms with van der Waals surface area (Å²) in [5.74, 6) is 0.342. The fraction of sp³-hybridized carbons (Fsp3) is 0.154. The number of aryl methyl sites for hydroxylation is 1. The van der Waals surface area contributed by atoms with Gasteiger partial charge in [-0.15, -0.1) is 0 Å². The van der Waals surface area contributed by atoms with Gasteiger partial charge < -0.3 is 14.9 Å². The molecule has 21 heavy (non-hydrogen) atoms. The summed E-state index contributed by atoms with van der Waals surface area (Å²) in [4.78, 5) is 20.3. The number of amides is 1. The van der Waals surface area contributed by atoms with Gasteiger partial charge >= 0.3 is 0 Å². The Kier molecular flexibility index (Phi) is 3.22. The summed E-state index contributed by atoms with van der Waals surface area (Å²) in [6, 6.07) is 3.47. The second kappa shape index (κ2) is 5.06. The zero-order valence-electron chi connectivity index (χ0n) is 11.3. The Morgan fingerprint density at radius 1 is 1.48 bits per heavy atom. The number of nitrogens with one attached hydrogen (secondary N) is 1. The van der Waals surface area contributed by atoms with Gasteiger partial charge in [-0.3, -0.25) is 10.1 Å². The average Bonchev–Trinajstić information content (AvgIpc) is 3.03. The molecule has 0 aliphatic rings. The summed E-state index contributed by atoms with van der Waals surface area (Å²) in [7, 11) is 1.55. The molecular formula is C13H12N4O3S. The molecule has 1 amide bonds. The van der Waals surface area contributed by atoms with Gasteiger partial charge in [0.25, 0.3) is 5.91 Å². The largest absolute Gasteiger partial charge is 0.494 e. The Balaban J connectivity index is 1.95. The highest BCUT2D eigenvalue weighted by Gasteiger charge is 2.17. The smallest absolute Gasteiger partial charge is 0.295 e. The first-order valence-corrected chi connectivity index (χ1v) is 6.85. The molecule has 0 spiro atoms. The Labute approximate surface area is 123 Å². The number of ether oxygens (including phenoxy) is 1. The first kappa shape index (κ1) is 13.4. The molecule has 3 N–H and O–H groups in total. The van der Waals surface area contributed by atoms with Crippen LogP contribution in [0.25, 0.3) is 10.2 Å². The highest BCUT2D eigenvalue weighted by atomic mass is 32.1. The normalized spacial score (nSPS) is 10.8. The number of aromatic nitrogens is 2. The number of hydrogen-bond donors (Lipinski definition) is 2. The lowest BCUT2D eigenvalue weighted by atomic mass is 10.3. The van der Waals surface area contributed by atoms with Crippen molar-refractivity contribution in [3.8, 4) is 5.75 Å². The Morgan fingerprint density at radius 2 is 2.29 bits per heavy atom. The average molecular weight is 304 g/mol. The molecule has 0 aliphatic heterocycles. The number of benzene rings is 1. The number of anilines is 2. The number of carbonyl (C=O) groups excluding carboxylic acids is 1. The number of nitrogen functional groups attached to an aromatic ring is 1. The second-order valence-electron chi connectivity index (χ2n) is 4.31. The molecule has 0 radical (unpaired) electrons. The fourth-order valence-electron chi connectivity index (χ4n) is 1.90. The van der Waals surface area contributed by atoms with Crippen molar-refractivity contribution < 1.29 is 13.9 Å². The van der Waals surface area contributed by atoms with Crippen LogP contribution in [0.4, 0.5) is 10.8 Å². The van der Waals surface area contributed by atoms with Crippen LogP contribution in [0.5, 0.6) is 5.75 Å². The van der Waals surface area contributed by atoms with Gasteiger partial charge in [-0.2, -0.15) is 0 Å². The van der Waals surface area contributed by atoms with Crippen molar-refractivity contribution in [2.75, 3.05) is 18.2 Å². The van der Waals surface area contributed by atoms with E-state index < -0.39 is 5.91 Å². The molecule has 108 valence electrons. The minimum atomic E-state index is -0.393. The molecule has 3 aromatic rings. The second-order valence-corrected chi connectivity index (χ2v) is 5.34. The minimum Gasteiger partial charge on any atom is -0.494 e. The van der Waals surface area contributed by atoms with Gasteiger partial charge in [0.05, 0.1) is 17.5 Å². The Bertz CT molecular complexity index is 824. The molecule has 0 saturated carbocycles. The van der Waals surface area contributed by atoms with Gasteiger partial charge in [-0.25, -0.2) is 9.97 Å². The predicted molar refractivity (Wildman–Crippen MR) is 79.8 cm³/mol. The lowest BCUT2D eigenvalue weighted by molar-refractivity contribution is 0.0996. The van der Waals surface area contributed by atoms with Gasteiger partial charge in [0.2, 0.25) is 5.76 Å². The van der Waals surface area contributed by atoms with E-state index in [1.54, 1.807) is 26.2 Å². The Hall–Kier alpha value is -2.61. The van der Waals surface area contributed by atoms with E-state index in [4.69, 9.17) is 14.9 Å². The van der Waals surface area contributed by atoms with E-state index in [1.165, 1.54) is 17.7 Å². The number of methoxy groups -OCH3 is 1. The molecule has 0 atom stereocenters. The first-order valence-electron chi connectivity index (χ1n) is 6.04. The van der Waals surface area contributed by atoms with Crippen LogP contribution in [0.2, 0.25) is 0 Å². The molecule has 8 heteroatoms. The molecule has 1 aromatic carbocycles. The minimum absolute atomic E-state index is 0.167. The van der Waals surface area contributed by atoms with E-state index in [0.717, 1.165) is 4.70 Å². The lowest BCUT2D eigenvalue weighted by Gasteiger charge is -2.01. The van der Waals surface area contributed by atoms with Crippen LogP contribution >= 0.6 is 11.3 Å². The van der Waals surface area contributed by atoms with Crippen molar-refractivity contribution in [3.63, 3.8) is 0 Å². The maximum atomic E-state index is 12.1. The van der Waals surface area contributed by atoms with Crippen LogP contribution in [0, 0.1) is 6.92 Å². The highest BCUT2D eigenvalue weighted by molar-refractivity contribution is 7.22. The van der Waals surface area contributed by atoms with Crippen LogP contribution in [0.15, 0.2) is 22.9 Å². The quantitative estimate of drug-likeness (QED) is 0.720. The number of rotatable bonds is 3. The van der Waals surface area contributed by atoms with Crippen LogP contribution in [0.3, 0.4) is 0 Å². The number of thiazole rings is 1. The number of fused-ring (bicyclic) bond motifs is 1. The molecule has 0 saturated heterocycles. The van der Waals surface area contributed by atoms with Crippen molar-refractivity contribution in [2.24, 2.45) is 0 Å². The SMILES string of the molecule is COc1cc(N)cc2sc(NC(=O)c3ocnc3C)nc12. The summed E-state index contributed by atoms with van der Waals surface area (Å²) in [6.45, 7) is 1.69. The van der Waals surface area contributed by atoms with E-state index in [0.29, 0.717) is 27.8 Å². The highest BCUT2D eigenvalue weighted by Crippen LogP contribution is 2.34. The van der Waals surface area contributed by atoms with E-state index >= 15 is 0 Å². The third kappa shape index (κ3) is 2.40. The number of nitrogens with two attached hydrogens (primary N) is 1. The third-order valence-electron chi connectivity index (χ3n) is 2.87.